The number of methoxy groups -OCH3 is 1. The van der Waals surface area contributed by atoms with Gasteiger partial charge in [0.2, 0.25) is 5.89 Å². The van der Waals surface area contributed by atoms with E-state index >= 15 is 0 Å². The molecule has 1 unspecified atom stereocenters. The SMILES string of the molecule is COCC(N)c1nc(COCC(F)(F)F)no1. The van der Waals surface area contributed by atoms with Crippen molar-refractivity contribution in [3.63, 3.8) is 0 Å². The average Bonchev–Trinajstić information content (AvgIpc) is 2.65. The average molecular weight is 255 g/mol. The molecule has 9 heteroatoms. The van der Waals surface area contributed by atoms with Crippen LogP contribution < -0.4 is 5.73 Å². The van der Waals surface area contributed by atoms with E-state index in [2.05, 4.69) is 14.9 Å². The van der Waals surface area contributed by atoms with Crippen molar-refractivity contribution in [3.05, 3.63) is 11.7 Å². The summed E-state index contributed by atoms with van der Waals surface area (Å²) in [5.41, 5.74) is 5.57. The molecule has 1 rings (SSSR count). The van der Waals surface area contributed by atoms with Gasteiger partial charge >= 0.3 is 6.18 Å². The van der Waals surface area contributed by atoms with Crippen LogP contribution >= 0.6 is 0 Å². The largest absolute Gasteiger partial charge is 0.411 e. The van der Waals surface area contributed by atoms with Crippen molar-refractivity contribution in [1.29, 1.82) is 0 Å². The number of alkyl halides is 3. The van der Waals surface area contributed by atoms with E-state index in [1.165, 1.54) is 7.11 Å². The topological polar surface area (TPSA) is 83.4 Å². The lowest BCUT2D eigenvalue weighted by Crippen LogP contribution is -2.17. The molecular weight excluding hydrogens is 243 g/mol. The second kappa shape index (κ2) is 5.94. The molecule has 1 heterocycles. The number of aromatic nitrogens is 2. The van der Waals surface area contributed by atoms with Crippen molar-refractivity contribution in [2.75, 3.05) is 20.3 Å². The lowest BCUT2D eigenvalue weighted by molar-refractivity contribution is -0.177. The van der Waals surface area contributed by atoms with Crippen molar-refractivity contribution in [3.8, 4) is 0 Å². The highest BCUT2D eigenvalue weighted by Crippen LogP contribution is 2.15. The number of nitrogens with zero attached hydrogens (tertiary/aromatic N) is 2. The van der Waals surface area contributed by atoms with Gasteiger partial charge in [0.15, 0.2) is 5.82 Å². The van der Waals surface area contributed by atoms with Crippen LogP contribution in [-0.2, 0) is 16.1 Å². The quantitative estimate of drug-likeness (QED) is 0.809. The minimum absolute atomic E-state index is 0.0100. The third kappa shape index (κ3) is 5.11. The first kappa shape index (κ1) is 13.9. The number of rotatable bonds is 6. The molecule has 0 amide bonds. The third-order valence-electron chi connectivity index (χ3n) is 1.64. The van der Waals surface area contributed by atoms with Gasteiger partial charge in [0.1, 0.15) is 19.3 Å². The van der Waals surface area contributed by atoms with Crippen molar-refractivity contribution in [2.45, 2.75) is 18.8 Å². The van der Waals surface area contributed by atoms with Crippen LogP contribution in [0.2, 0.25) is 0 Å². The normalized spacial score (nSPS) is 13.9. The maximum absolute atomic E-state index is 11.8. The first-order valence-electron chi connectivity index (χ1n) is 4.64. The van der Waals surface area contributed by atoms with Crippen LogP contribution in [0.3, 0.4) is 0 Å². The van der Waals surface area contributed by atoms with Crippen LogP contribution in [-0.4, -0.2) is 36.6 Å². The molecule has 0 spiro atoms. The van der Waals surface area contributed by atoms with E-state index in [1.54, 1.807) is 0 Å². The minimum Gasteiger partial charge on any atom is -0.383 e. The molecule has 2 N–H and O–H groups in total. The fourth-order valence-corrected chi connectivity index (χ4v) is 0.986. The first-order chi connectivity index (χ1) is 7.92. The summed E-state index contributed by atoms with van der Waals surface area (Å²) < 4.78 is 49.1. The molecule has 1 aromatic heterocycles. The van der Waals surface area contributed by atoms with Gasteiger partial charge in [0.25, 0.3) is 0 Å². The second-order valence-electron chi connectivity index (χ2n) is 3.22. The predicted molar refractivity (Wildman–Crippen MR) is 48.8 cm³/mol. The van der Waals surface area contributed by atoms with Gasteiger partial charge in [-0.05, 0) is 0 Å². The van der Waals surface area contributed by atoms with Gasteiger partial charge < -0.3 is 19.7 Å². The molecule has 0 radical (unpaired) electrons. The highest BCUT2D eigenvalue weighted by atomic mass is 19.4. The highest BCUT2D eigenvalue weighted by molar-refractivity contribution is 4.90. The summed E-state index contributed by atoms with van der Waals surface area (Å²) >= 11 is 0. The Morgan fingerprint density at radius 1 is 1.47 bits per heavy atom. The summed E-state index contributed by atoms with van der Waals surface area (Å²) in [6.45, 7) is -1.57. The van der Waals surface area contributed by atoms with Gasteiger partial charge in [-0.1, -0.05) is 5.16 Å². The zero-order chi connectivity index (χ0) is 12.9. The van der Waals surface area contributed by atoms with Crippen molar-refractivity contribution < 1.29 is 27.2 Å². The van der Waals surface area contributed by atoms with Crippen LogP contribution in [0, 0.1) is 0 Å². The van der Waals surface area contributed by atoms with Gasteiger partial charge in [-0.2, -0.15) is 18.2 Å². The first-order valence-corrected chi connectivity index (χ1v) is 4.64. The van der Waals surface area contributed by atoms with E-state index in [9.17, 15) is 13.2 Å². The van der Waals surface area contributed by atoms with Crippen LogP contribution in [0.4, 0.5) is 13.2 Å². The van der Waals surface area contributed by atoms with Crippen LogP contribution in [0.25, 0.3) is 0 Å². The third-order valence-corrected chi connectivity index (χ3v) is 1.64. The summed E-state index contributed by atoms with van der Waals surface area (Å²) in [6, 6.07) is -0.608. The maximum atomic E-state index is 11.8. The summed E-state index contributed by atoms with van der Waals surface area (Å²) in [7, 11) is 1.45. The molecule has 0 fully saturated rings. The molecule has 98 valence electrons. The summed E-state index contributed by atoms with van der Waals surface area (Å²) in [5, 5.41) is 3.43. The number of halogens is 3. The van der Waals surface area contributed by atoms with E-state index in [0.717, 1.165) is 0 Å². The molecule has 0 aliphatic rings. The zero-order valence-corrected chi connectivity index (χ0v) is 9.03. The van der Waals surface area contributed by atoms with E-state index in [0.29, 0.717) is 0 Å². The Hall–Kier alpha value is -1.19. The minimum atomic E-state index is -4.38. The summed E-state index contributed by atoms with van der Waals surface area (Å²) in [4.78, 5) is 3.77. The molecule has 0 saturated carbocycles. The standard InChI is InChI=1S/C8H12F3N3O3/c1-15-2-5(12)7-13-6(14-17-7)3-16-4-8(9,10)11/h5H,2-4,12H2,1H3. The Balaban J connectivity index is 2.40. The van der Waals surface area contributed by atoms with E-state index in [4.69, 9.17) is 15.0 Å². The number of ether oxygens (including phenoxy) is 2. The van der Waals surface area contributed by atoms with Gasteiger partial charge in [-0.15, -0.1) is 0 Å². The summed E-state index contributed by atoms with van der Waals surface area (Å²) in [6.07, 6.45) is -4.38. The fourth-order valence-electron chi connectivity index (χ4n) is 0.986. The smallest absolute Gasteiger partial charge is 0.383 e. The molecule has 0 aliphatic heterocycles. The molecule has 0 aromatic carbocycles. The molecule has 17 heavy (non-hydrogen) atoms. The number of hydrogen-bond donors (Lipinski definition) is 1. The van der Waals surface area contributed by atoms with E-state index < -0.39 is 18.8 Å². The molecule has 0 bridgehead atoms. The monoisotopic (exact) mass is 255 g/mol. The van der Waals surface area contributed by atoms with E-state index in [1.807, 2.05) is 0 Å². The fraction of sp³-hybridized carbons (Fsp3) is 0.750. The Morgan fingerprint density at radius 2 is 2.18 bits per heavy atom. The van der Waals surface area contributed by atoms with Gasteiger partial charge in [0.05, 0.1) is 6.61 Å². The van der Waals surface area contributed by atoms with E-state index in [-0.39, 0.29) is 24.9 Å². The Morgan fingerprint density at radius 3 is 2.76 bits per heavy atom. The van der Waals surface area contributed by atoms with Gasteiger partial charge in [0, 0.05) is 7.11 Å². The van der Waals surface area contributed by atoms with Crippen LogP contribution in [0.5, 0.6) is 0 Å². The lowest BCUT2D eigenvalue weighted by Gasteiger charge is -2.05. The maximum Gasteiger partial charge on any atom is 0.411 e. The van der Waals surface area contributed by atoms with Crippen LogP contribution in [0.1, 0.15) is 17.8 Å². The number of hydrogen-bond acceptors (Lipinski definition) is 6. The molecule has 6 nitrogen and oxygen atoms in total. The molecular formula is C8H12F3N3O3. The molecule has 1 aromatic rings. The Labute approximate surface area is 94.9 Å². The predicted octanol–water partition coefficient (Wildman–Crippen LogP) is 0.795. The van der Waals surface area contributed by atoms with Gasteiger partial charge in [-0.3, -0.25) is 0 Å². The van der Waals surface area contributed by atoms with Crippen molar-refractivity contribution >= 4 is 0 Å². The second-order valence-corrected chi connectivity index (χ2v) is 3.22. The lowest BCUT2D eigenvalue weighted by atomic mass is 10.3. The van der Waals surface area contributed by atoms with Gasteiger partial charge in [-0.25, -0.2) is 0 Å². The molecule has 1 atom stereocenters. The Kier molecular flexibility index (Phi) is 4.85. The molecule has 0 aliphatic carbocycles. The van der Waals surface area contributed by atoms with Crippen molar-refractivity contribution in [2.24, 2.45) is 5.73 Å². The highest BCUT2D eigenvalue weighted by Gasteiger charge is 2.27. The zero-order valence-electron chi connectivity index (χ0n) is 9.03. The Bertz CT molecular complexity index is 342. The number of nitrogens with two attached hydrogens (primary N) is 1. The molecule has 0 saturated heterocycles. The van der Waals surface area contributed by atoms with Crippen LogP contribution in [0.15, 0.2) is 4.52 Å². The summed E-state index contributed by atoms with van der Waals surface area (Å²) in [5.74, 6) is 0.105. The van der Waals surface area contributed by atoms with Crippen molar-refractivity contribution in [1.82, 2.24) is 10.1 Å².